The van der Waals surface area contributed by atoms with Gasteiger partial charge in [0, 0.05) is 136 Å². The van der Waals surface area contributed by atoms with Crippen molar-refractivity contribution in [1.29, 1.82) is 0 Å². The maximum atomic E-state index is 11.3. The van der Waals surface area contributed by atoms with Gasteiger partial charge in [-0.15, -0.1) is 68.0 Å². The Morgan fingerprint density at radius 1 is 0.288 bits per heavy atom. The van der Waals surface area contributed by atoms with Crippen LogP contribution in [0.15, 0.2) is 183 Å². The minimum Gasteiger partial charge on any atom is -0.485 e. The molecule has 0 fully saturated rings. The van der Waals surface area contributed by atoms with Crippen LogP contribution in [0.1, 0.15) is 91.0 Å². The highest BCUT2D eigenvalue weighted by Gasteiger charge is 2.33. The molecule has 0 N–H and O–H groups in total. The van der Waals surface area contributed by atoms with Crippen LogP contribution in [0.2, 0.25) is 0 Å². The van der Waals surface area contributed by atoms with Gasteiger partial charge in [-0.1, -0.05) is 52.4 Å². The highest BCUT2D eigenvalue weighted by Crippen LogP contribution is 2.60. The van der Waals surface area contributed by atoms with Gasteiger partial charge in [0.2, 0.25) is 0 Å². The predicted octanol–water partition coefficient (Wildman–Crippen LogP) is 21.9. The summed E-state index contributed by atoms with van der Waals surface area (Å²) in [6.07, 6.45) is 21.9. The first-order valence-electron chi connectivity index (χ1n) is 40.0. The number of aryl methyl sites for hydroxylation is 5. The Morgan fingerprint density at radius 3 is 1.10 bits per heavy atom. The molecule has 15 aromatic rings. The third kappa shape index (κ3) is 21.1. The van der Waals surface area contributed by atoms with E-state index < -0.39 is 0 Å². The molecule has 0 unspecified atom stereocenters. The molecular formula is C94H79N9O16S6. The van der Waals surface area contributed by atoms with Gasteiger partial charge >= 0.3 is 0 Å². The fourth-order valence-electron chi connectivity index (χ4n) is 13.9. The summed E-state index contributed by atoms with van der Waals surface area (Å²) in [7, 11) is 0. The van der Waals surface area contributed by atoms with E-state index in [-0.39, 0.29) is 5.75 Å². The molecule has 2 aliphatic rings. The van der Waals surface area contributed by atoms with Gasteiger partial charge in [0.05, 0.1) is 83.0 Å². The monoisotopic (exact) mass is 1780 g/mol. The predicted molar refractivity (Wildman–Crippen MR) is 484 cm³/mol. The van der Waals surface area contributed by atoms with Gasteiger partial charge in [0.1, 0.15) is 60.9 Å². The molecule has 17 heterocycles. The standard InChI is InChI=1S/C38H41N3O4S2.C30H21N3O8S2.C26H17N3O4S2/c1-4-6-8-10-12-27-19-37(46-26(27)3)38-29(13-11-9-7-5-2)20-36(47-38)28-14-16-39-32(18-28)34-22-31(45-25-43)23-35(41-34)33-21-30(44-24-42)15-17-40-33;1-16-24-25(37-7-6-36-24)29(42-16)30-27-26(38-8-9-39-27)28(43-30)17-2-4-31-20(10-17)22-12-19(41-15-35)13-23(33-22)21-11-18(40-14-34)3-5-32-21;1-16-2-3-25(34-16)26-5-4-24(35-26)17-6-8-27-20(10-17)22-12-19(33-15-31)13-23(29-22)21-11-18(32-14-30)7-9-28-21/h14-25H,4-13H2,1-3H3;2-5,10-15H,6-9H2,1H3;2-15H,1H3. The molecule has 17 rings (SSSR count). The molecule has 0 spiro atoms. The molecule has 0 amide bonds. The van der Waals surface area contributed by atoms with Crippen LogP contribution in [0.4, 0.5) is 0 Å². The Hall–Kier alpha value is -13.4. The van der Waals surface area contributed by atoms with E-state index in [2.05, 4.69) is 99.0 Å². The van der Waals surface area contributed by atoms with Crippen LogP contribution in [0, 0.1) is 20.8 Å². The lowest BCUT2D eigenvalue weighted by Crippen LogP contribution is -2.15. The summed E-state index contributed by atoms with van der Waals surface area (Å²) in [4.78, 5) is 121. The first kappa shape index (κ1) is 86.5. The van der Waals surface area contributed by atoms with Gasteiger partial charge in [-0.2, -0.15) is 0 Å². The Balaban J connectivity index is 0.000000146. The second kappa shape index (κ2) is 41.6. The van der Waals surface area contributed by atoms with Crippen LogP contribution >= 0.6 is 68.0 Å². The lowest BCUT2D eigenvalue weighted by atomic mass is 10.0. The van der Waals surface area contributed by atoms with Crippen LogP contribution in [0.25, 0.3) is 129 Å². The first-order chi connectivity index (χ1) is 61.3. The Morgan fingerprint density at radius 2 is 0.648 bits per heavy atom. The summed E-state index contributed by atoms with van der Waals surface area (Å²) >= 11 is 10.4. The number of carbonyl (C=O) groups is 6. The lowest BCUT2D eigenvalue weighted by molar-refractivity contribution is -0.121. The van der Waals surface area contributed by atoms with Crippen molar-refractivity contribution in [2.75, 3.05) is 26.4 Å². The number of hydrogen-bond acceptors (Lipinski definition) is 31. The molecule has 2 aliphatic heterocycles. The molecular weight excluding hydrogens is 1700 g/mol. The first-order valence-corrected chi connectivity index (χ1v) is 44.9. The highest BCUT2D eigenvalue weighted by molar-refractivity contribution is 7.25. The molecule has 125 heavy (non-hydrogen) atoms. The third-order valence-electron chi connectivity index (χ3n) is 19.8. The van der Waals surface area contributed by atoms with E-state index in [1.165, 1.54) is 115 Å². The van der Waals surface area contributed by atoms with Crippen LogP contribution < -0.4 is 47.4 Å². The van der Waals surface area contributed by atoms with E-state index in [1.54, 1.807) is 137 Å². The Kier molecular flexibility index (Phi) is 28.8. The molecule has 0 atom stereocenters. The minimum absolute atomic E-state index is 0.248. The van der Waals surface area contributed by atoms with Crippen molar-refractivity contribution in [2.45, 2.75) is 98.8 Å². The van der Waals surface area contributed by atoms with Crippen molar-refractivity contribution in [3.63, 3.8) is 0 Å². The molecule has 0 bridgehead atoms. The quantitative estimate of drug-likeness (QED) is 0.0267. The summed E-state index contributed by atoms with van der Waals surface area (Å²) in [5.74, 6) is 4.63. The maximum Gasteiger partial charge on any atom is 0.298 e. The van der Waals surface area contributed by atoms with Crippen molar-refractivity contribution >= 4 is 107 Å². The van der Waals surface area contributed by atoms with E-state index in [9.17, 15) is 28.8 Å². The Labute approximate surface area is 742 Å². The molecule has 0 saturated heterocycles. The summed E-state index contributed by atoms with van der Waals surface area (Å²) in [5, 5.41) is 0. The van der Waals surface area contributed by atoms with Crippen LogP contribution in [0.3, 0.4) is 0 Å². The van der Waals surface area contributed by atoms with Crippen molar-refractivity contribution < 1.29 is 76.1 Å². The summed E-state index contributed by atoms with van der Waals surface area (Å²) < 4.78 is 54.6. The SMILES string of the molecule is CCCCCCc1cc(-c2sc(-c3ccnc(-c4cc(OC=O)cc(-c5cc(OC=O)ccn5)n4)c3)cc2CCCCCC)sc1C.Cc1ccc(-c2ccc(-c3ccnc(-c4cc(OC=O)cc(-c5cc(OC=O)ccn5)n4)c3)s2)s1.Cc1sc(-c2sc(-c3ccnc(-c4cc(OC=O)cc(-c5cc(OC=O)ccn5)n4)c3)c3c2OCCO3)c2c1OCCO2. The number of nitrogens with zero attached hydrogens (tertiary/aromatic N) is 9. The second-order valence-corrected chi connectivity index (χ2v) is 35.2. The van der Waals surface area contributed by atoms with Crippen molar-refractivity contribution in [3.8, 4) is 186 Å². The molecule has 0 saturated carbocycles. The van der Waals surface area contributed by atoms with Crippen LogP contribution in [-0.4, -0.2) is 110 Å². The lowest BCUT2D eigenvalue weighted by Gasteiger charge is -2.18. The Bertz CT molecular complexity index is 6390. The van der Waals surface area contributed by atoms with E-state index in [1.807, 2.05) is 66.0 Å². The highest BCUT2D eigenvalue weighted by atomic mass is 32.1. The van der Waals surface area contributed by atoms with E-state index in [4.69, 9.17) is 57.3 Å². The maximum absolute atomic E-state index is 11.3. The van der Waals surface area contributed by atoms with Crippen LogP contribution in [0.5, 0.6) is 57.5 Å². The number of rotatable bonds is 34. The van der Waals surface area contributed by atoms with Gasteiger partial charge in [0.15, 0.2) is 23.0 Å². The van der Waals surface area contributed by atoms with Gasteiger partial charge in [0.25, 0.3) is 38.8 Å². The fraction of sp³-hybridized carbons (Fsp3) is 0.202. The topological polar surface area (TPSA) is 311 Å². The molecule has 25 nitrogen and oxygen atoms in total. The number of aromatic nitrogens is 9. The fourth-order valence-corrected chi connectivity index (χ4v) is 20.7. The van der Waals surface area contributed by atoms with Crippen molar-refractivity contribution in [2.24, 2.45) is 0 Å². The number of fused-ring (bicyclic) bond motifs is 2. The number of carbonyl (C=O) groups excluding carboxylic acids is 6. The molecule has 31 heteroatoms. The number of pyridine rings is 9. The minimum atomic E-state index is 0.248. The van der Waals surface area contributed by atoms with Crippen molar-refractivity contribution in [3.05, 3.63) is 209 Å². The number of thiophene rings is 6. The smallest absolute Gasteiger partial charge is 0.298 e. The van der Waals surface area contributed by atoms with Gasteiger partial charge < -0.3 is 47.4 Å². The zero-order chi connectivity index (χ0) is 86.5. The van der Waals surface area contributed by atoms with Crippen LogP contribution in [-0.2, 0) is 41.6 Å². The number of hydrogen-bond donors (Lipinski definition) is 0. The number of unbranched alkanes of at least 4 members (excludes halogenated alkanes) is 6. The largest absolute Gasteiger partial charge is 0.485 e. The molecule has 15 aromatic heterocycles. The van der Waals surface area contributed by atoms with E-state index in [0.29, 0.717) is 174 Å². The van der Waals surface area contributed by atoms with Gasteiger partial charge in [-0.3, -0.25) is 58.7 Å². The molecule has 0 radical (unpaired) electrons. The summed E-state index contributed by atoms with van der Waals surface area (Å²) in [6.45, 7) is 14.8. The summed E-state index contributed by atoms with van der Waals surface area (Å²) in [5.41, 5.74) is 11.7. The molecule has 0 aromatic carbocycles. The third-order valence-corrected chi connectivity index (χ3v) is 27.1. The second-order valence-electron chi connectivity index (χ2n) is 28.2. The number of ether oxygens (including phenoxy) is 10. The molecule has 632 valence electrons. The van der Waals surface area contributed by atoms with Gasteiger partial charge in [-0.05, 0) is 165 Å². The molecule has 0 aliphatic carbocycles. The zero-order valence-corrected chi connectivity index (χ0v) is 73.1. The summed E-state index contributed by atoms with van der Waals surface area (Å²) in [6, 6.07) is 44.2. The van der Waals surface area contributed by atoms with E-state index >= 15 is 0 Å². The van der Waals surface area contributed by atoms with Gasteiger partial charge in [-0.25, -0.2) is 15.0 Å². The van der Waals surface area contributed by atoms with Crippen molar-refractivity contribution in [1.82, 2.24) is 44.9 Å². The van der Waals surface area contributed by atoms with E-state index in [0.717, 1.165) is 65.4 Å². The zero-order valence-electron chi connectivity index (χ0n) is 68.2. The normalized spacial score (nSPS) is 11.7. The average molecular weight is 1780 g/mol. The average Bonchev–Trinajstić information content (AvgIpc) is 1.60.